The van der Waals surface area contributed by atoms with Crippen molar-refractivity contribution in [3.63, 3.8) is 0 Å². The van der Waals surface area contributed by atoms with Crippen LogP contribution < -0.4 is 4.74 Å². The Bertz CT molecular complexity index is 556. The van der Waals surface area contributed by atoms with Gasteiger partial charge in [0.15, 0.2) is 0 Å². The lowest BCUT2D eigenvalue weighted by Gasteiger charge is -2.40. The number of hydrogen-bond donors (Lipinski definition) is 0. The molecule has 0 spiro atoms. The van der Waals surface area contributed by atoms with Gasteiger partial charge in [-0.1, -0.05) is 36.9 Å². The van der Waals surface area contributed by atoms with Gasteiger partial charge in [-0.2, -0.15) is 0 Å². The second-order valence-corrected chi connectivity index (χ2v) is 6.90. The molecule has 2 fully saturated rings. The maximum Gasteiger partial charge on any atom is 0.120 e. The Morgan fingerprint density at radius 2 is 2.10 bits per heavy atom. The zero-order valence-corrected chi connectivity index (χ0v) is 12.1. The van der Waals surface area contributed by atoms with Crippen LogP contribution in [0.1, 0.15) is 31.7 Å². The van der Waals surface area contributed by atoms with Gasteiger partial charge in [0, 0.05) is 5.92 Å². The molecule has 0 radical (unpaired) electrons. The summed E-state index contributed by atoms with van der Waals surface area (Å²) < 4.78 is 6.44. The highest BCUT2D eigenvalue weighted by Gasteiger charge is 2.59. The molecule has 3 aliphatic rings. The second kappa shape index (κ2) is 4.25. The van der Waals surface area contributed by atoms with Crippen molar-refractivity contribution >= 4 is 6.08 Å². The van der Waals surface area contributed by atoms with E-state index in [1.807, 2.05) is 6.08 Å². The normalized spacial score (nSPS) is 40.9. The lowest BCUT2D eigenvalue weighted by Crippen LogP contribution is -2.43. The minimum atomic E-state index is 0.0353. The van der Waals surface area contributed by atoms with Gasteiger partial charge in [-0.25, -0.2) is 0 Å². The van der Waals surface area contributed by atoms with Crippen LogP contribution >= 0.6 is 0 Å². The van der Waals surface area contributed by atoms with Gasteiger partial charge in [0.25, 0.3) is 0 Å². The monoisotopic (exact) mass is 266 g/mol. The van der Waals surface area contributed by atoms with E-state index < -0.39 is 0 Å². The molecule has 1 heteroatoms. The fourth-order valence-corrected chi connectivity index (χ4v) is 4.94. The van der Waals surface area contributed by atoms with Crippen molar-refractivity contribution < 1.29 is 4.74 Å². The molecular weight excluding hydrogens is 244 g/mol. The summed E-state index contributed by atoms with van der Waals surface area (Å²) in [6.07, 6.45) is 10.6. The summed E-state index contributed by atoms with van der Waals surface area (Å²) in [5, 5.41) is 0. The maximum absolute atomic E-state index is 6.44. The molecule has 3 aliphatic carbocycles. The van der Waals surface area contributed by atoms with Crippen LogP contribution in [0.5, 0.6) is 5.75 Å². The summed E-state index contributed by atoms with van der Waals surface area (Å²) in [5.74, 6) is 4.27. The van der Waals surface area contributed by atoms with Gasteiger partial charge >= 0.3 is 0 Å². The predicted octanol–water partition coefficient (Wildman–Crippen LogP) is 4.70. The van der Waals surface area contributed by atoms with Gasteiger partial charge in [-0.15, -0.1) is 0 Å². The summed E-state index contributed by atoms with van der Waals surface area (Å²) in [6, 6.07) is 8.33. The number of benzene rings is 1. The first kappa shape index (κ1) is 12.3. The molecule has 0 amide bonds. The Morgan fingerprint density at radius 1 is 1.30 bits per heavy atom. The Hall–Kier alpha value is -1.50. The fraction of sp³-hybridized carbons (Fsp3) is 0.474. The minimum absolute atomic E-state index is 0.0353. The highest BCUT2D eigenvalue weighted by atomic mass is 16.5. The smallest absolute Gasteiger partial charge is 0.120 e. The van der Waals surface area contributed by atoms with E-state index in [2.05, 4.69) is 49.9 Å². The van der Waals surface area contributed by atoms with Crippen molar-refractivity contribution in [2.75, 3.05) is 0 Å². The van der Waals surface area contributed by atoms with Crippen molar-refractivity contribution in [1.82, 2.24) is 0 Å². The standard InChI is InChI=1S/C19H22O/c1-3-13-7-9-15(10-8-13)20-19(2)12-14-11-18(19)17-6-4-5-16(14)17/h3-5,7-10,14,16-18H,1,6,11-12H2,2H3. The van der Waals surface area contributed by atoms with Crippen molar-refractivity contribution in [3.8, 4) is 5.75 Å². The Labute approximate surface area is 121 Å². The van der Waals surface area contributed by atoms with E-state index in [0.29, 0.717) is 0 Å². The average molecular weight is 266 g/mol. The van der Waals surface area contributed by atoms with Crippen LogP contribution in [0.15, 0.2) is 43.0 Å². The summed E-state index contributed by atoms with van der Waals surface area (Å²) >= 11 is 0. The third-order valence-corrected chi connectivity index (χ3v) is 5.80. The zero-order valence-electron chi connectivity index (χ0n) is 12.1. The van der Waals surface area contributed by atoms with E-state index in [4.69, 9.17) is 4.74 Å². The van der Waals surface area contributed by atoms with Crippen molar-refractivity contribution in [3.05, 3.63) is 48.6 Å². The molecular formula is C19H22O. The number of fused-ring (bicyclic) bond motifs is 5. The number of allylic oxidation sites excluding steroid dienone is 2. The van der Waals surface area contributed by atoms with E-state index in [1.54, 1.807) is 0 Å². The van der Waals surface area contributed by atoms with Crippen LogP contribution in [0, 0.1) is 23.7 Å². The number of ether oxygens (including phenoxy) is 1. The molecule has 0 saturated heterocycles. The molecule has 4 rings (SSSR count). The summed E-state index contributed by atoms with van der Waals surface area (Å²) in [6.45, 7) is 6.12. The van der Waals surface area contributed by atoms with Gasteiger partial charge in [-0.05, 0) is 61.6 Å². The molecule has 2 bridgehead atoms. The molecule has 2 saturated carbocycles. The quantitative estimate of drug-likeness (QED) is 0.721. The molecule has 5 unspecified atom stereocenters. The first-order chi connectivity index (χ1) is 9.69. The number of rotatable bonds is 3. The van der Waals surface area contributed by atoms with Crippen LogP contribution in [0.25, 0.3) is 6.08 Å². The second-order valence-electron chi connectivity index (χ2n) is 6.90. The molecule has 0 aliphatic heterocycles. The third kappa shape index (κ3) is 1.69. The van der Waals surface area contributed by atoms with E-state index in [0.717, 1.165) is 35.0 Å². The highest BCUT2D eigenvalue weighted by Crippen LogP contribution is 2.61. The van der Waals surface area contributed by atoms with E-state index in [-0.39, 0.29) is 5.60 Å². The zero-order chi connectivity index (χ0) is 13.7. The molecule has 104 valence electrons. The summed E-state index contributed by atoms with van der Waals surface area (Å²) in [7, 11) is 0. The topological polar surface area (TPSA) is 9.23 Å². The molecule has 0 aromatic heterocycles. The Kier molecular flexibility index (Phi) is 2.60. The molecule has 0 N–H and O–H groups in total. The van der Waals surface area contributed by atoms with Crippen LogP contribution in [0.3, 0.4) is 0 Å². The van der Waals surface area contributed by atoms with E-state index in [9.17, 15) is 0 Å². The average Bonchev–Trinajstić information content (AvgIpc) is 3.10. The molecule has 5 atom stereocenters. The molecule has 20 heavy (non-hydrogen) atoms. The summed E-state index contributed by atoms with van der Waals surface area (Å²) in [5.41, 5.74) is 1.18. The Morgan fingerprint density at radius 3 is 2.85 bits per heavy atom. The van der Waals surface area contributed by atoms with Crippen LogP contribution in [0.2, 0.25) is 0 Å². The predicted molar refractivity (Wildman–Crippen MR) is 82.5 cm³/mol. The maximum atomic E-state index is 6.44. The SMILES string of the molecule is C=Cc1ccc(OC2(C)CC3CC2C2CC=CC32)cc1. The first-order valence-electron chi connectivity index (χ1n) is 7.78. The third-order valence-electron chi connectivity index (χ3n) is 5.80. The van der Waals surface area contributed by atoms with Gasteiger partial charge in [0.2, 0.25) is 0 Å². The van der Waals surface area contributed by atoms with Gasteiger partial charge in [0.1, 0.15) is 11.4 Å². The first-order valence-corrected chi connectivity index (χ1v) is 7.78. The largest absolute Gasteiger partial charge is 0.487 e. The van der Waals surface area contributed by atoms with Crippen LogP contribution in [-0.4, -0.2) is 5.60 Å². The van der Waals surface area contributed by atoms with Gasteiger partial charge in [0.05, 0.1) is 0 Å². The molecule has 1 nitrogen and oxygen atoms in total. The van der Waals surface area contributed by atoms with Crippen molar-refractivity contribution in [2.45, 2.75) is 31.8 Å². The Balaban J connectivity index is 1.55. The van der Waals surface area contributed by atoms with Gasteiger partial charge in [-0.3, -0.25) is 0 Å². The molecule has 1 aromatic carbocycles. The number of hydrogen-bond acceptors (Lipinski definition) is 1. The van der Waals surface area contributed by atoms with Crippen LogP contribution in [0.4, 0.5) is 0 Å². The minimum Gasteiger partial charge on any atom is -0.487 e. The van der Waals surface area contributed by atoms with Crippen molar-refractivity contribution in [1.29, 1.82) is 0 Å². The van der Waals surface area contributed by atoms with E-state index in [1.165, 1.54) is 19.3 Å². The summed E-state index contributed by atoms with van der Waals surface area (Å²) in [4.78, 5) is 0. The molecule has 0 heterocycles. The lowest BCUT2D eigenvalue weighted by atomic mass is 9.73. The highest BCUT2D eigenvalue weighted by molar-refractivity contribution is 5.48. The van der Waals surface area contributed by atoms with Crippen LogP contribution in [-0.2, 0) is 0 Å². The fourth-order valence-electron chi connectivity index (χ4n) is 4.94. The van der Waals surface area contributed by atoms with E-state index >= 15 is 0 Å². The van der Waals surface area contributed by atoms with Gasteiger partial charge < -0.3 is 4.74 Å². The molecule has 1 aromatic rings. The lowest BCUT2D eigenvalue weighted by molar-refractivity contribution is -0.00316. The van der Waals surface area contributed by atoms with Crippen molar-refractivity contribution in [2.24, 2.45) is 23.7 Å².